The monoisotopic (exact) mass is 442 g/mol. The third-order valence-corrected chi connectivity index (χ3v) is 6.25. The first-order valence-electron chi connectivity index (χ1n) is 11.3. The van der Waals surface area contributed by atoms with E-state index in [1.807, 2.05) is 52.1 Å². The molecule has 0 spiro atoms. The molecule has 1 aliphatic rings. The highest BCUT2D eigenvalue weighted by molar-refractivity contribution is 5.95. The van der Waals surface area contributed by atoms with E-state index in [0.717, 1.165) is 17.5 Å². The Labute approximate surface area is 195 Å². The molecule has 1 aliphatic heterocycles. The molecule has 1 aromatic heterocycles. The molecule has 0 N–H and O–H groups in total. The quantitative estimate of drug-likeness (QED) is 0.497. The molecule has 0 aliphatic carbocycles. The molecule has 1 unspecified atom stereocenters. The predicted molar refractivity (Wildman–Crippen MR) is 129 cm³/mol. The zero-order valence-corrected chi connectivity index (χ0v) is 19.0. The maximum absolute atomic E-state index is 13.2. The number of rotatable bonds is 8. The highest BCUT2D eigenvalue weighted by atomic mass is 16.2. The van der Waals surface area contributed by atoms with E-state index < -0.39 is 0 Å². The van der Waals surface area contributed by atoms with Crippen LogP contribution < -0.4 is 0 Å². The largest absolute Gasteiger partial charge is 0.339 e. The maximum Gasteiger partial charge on any atom is 0.249 e. The van der Waals surface area contributed by atoms with E-state index in [4.69, 9.17) is 0 Å². The summed E-state index contributed by atoms with van der Waals surface area (Å²) in [4.78, 5) is 33.9. The van der Waals surface area contributed by atoms with Crippen LogP contribution in [0.2, 0.25) is 0 Å². The van der Waals surface area contributed by atoms with Gasteiger partial charge in [-0.05, 0) is 24.5 Å². The SMILES string of the molecule is C=C(C)C(=O)N(CC(=O)N1CCC(n2ccnc2)C1)CC(c1ccccc1)c1ccccc1. The van der Waals surface area contributed by atoms with Crippen LogP contribution in [-0.4, -0.2) is 57.3 Å². The van der Waals surface area contributed by atoms with Crippen molar-refractivity contribution in [2.45, 2.75) is 25.3 Å². The summed E-state index contributed by atoms with van der Waals surface area (Å²) in [5.41, 5.74) is 2.65. The minimum atomic E-state index is -0.189. The number of carbonyl (C=O) groups excluding carboxylic acids is 2. The lowest BCUT2D eigenvalue weighted by atomic mass is 9.90. The number of nitrogens with zero attached hydrogens (tertiary/aromatic N) is 4. The summed E-state index contributed by atoms with van der Waals surface area (Å²) in [6.07, 6.45) is 6.36. The minimum absolute atomic E-state index is 0.0351. The molecule has 170 valence electrons. The van der Waals surface area contributed by atoms with Gasteiger partial charge in [0, 0.05) is 43.5 Å². The highest BCUT2D eigenvalue weighted by Gasteiger charge is 2.30. The van der Waals surface area contributed by atoms with Gasteiger partial charge in [-0.15, -0.1) is 0 Å². The molecule has 6 nitrogen and oxygen atoms in total. The average Bonchev–Trinajstić information content (AvgIpc) is 3.54. The van der Waals surface area contributed by atoms with Crippen LogP contribution in [0, 0.1) is 0 Å². The Morgan fingerprint density at radius 3 is 2.27 bits per heavy atom. The molecule has 0 saturated carbocycles. The van der Waals surface area contributed by atoms with E-state index in [1.54, 1.807) is 24.3 Å². The number of hydrogen-bond donors (Lipinski definition) is 0. The lowest BCUT2D eigenvalue weighted by Crippen LogP contribution is -2.44. The van der Waals surface area contributed by atoms with Crippen LogP contribution >= 0.6 is 0 Å². The van der Waals surface area contributed by atoms with E-state index in [-0.39, 0.29) is 30.3 Å². The zero-order valence-electron chi connectivity index (χ0n) is 19.0. The number of benzene rings is 2. The number of amides is 2. The first-order valence-corrected chi connectivity index (χ1v) is 11.3. The van der Waals surface area contributed by atoms with Crippen molar-refractivity contribution >= 4 is 11.8 Å². The maximum atomic E-state index is 13.2. The van der Waals surface area contributed by atoms with Crippen molar-refractivity contribution in [3.8, 4) is 0 Å². The van der Waals surface area contributed by atoms with Gasteiger partial charge >= 0.3 is 0 Å². The lowest BCUT2D eigenvalue weighted by Gasteiger charge is -2.30. The van der Waals surface area contributed by atoms with Gasteiger partial charge in [0.1, 0.15) is 6.54 Å². The summed E-state index contributed by atoms with van der Waals surface area (Å²) >= 11 is 0. The van der Waals surface area contributed by atoms with Crippen molar-refractivity contribution in [3.05, 3.63) is 103 Å². The molecule has 33 heavy (non-hydrogen) atoms. The molecule has 2 amide bonds. The van der Waals surface area contributed by atoms with Crippen LogP contribution in [0.5, 0.6) is 0 Å². The molecule has 1 fully saturated rings. The summed E-state index contributed by atoms with van der Waals surface area (Å²) in [6, 6.07) is 20.5. The van der Waals surface area contributed by atoms with Gasteiger partial charge in [-0.2, -0.15) is 0 Å². The first-order chi connectivity index (χ1) is 16.0. The predicted octanol–water partition coefficient (Wildman–Crippen LogP) is 3.89. The summed E-state index contributed by atoms with van der Waals surface area (Å²) in [7, 11) is 0. The number of likely N-dealkylation sites (tertiary alicyclic amines) is 1. The van der Waals surface area contributed by atoms with Crippen LogP contribution in [0.4, 0.5) is 0 Å². The van der Waals surface area contributed by atoms with Gasteiger partial charge < -0.3 is 14.4 Å². The third-order valence-electron chi connectivity index (χ3n) is 6.25. The van der Waals surface area contributed by atoms with Crippen LogP contribution in [0.1, 0.15) is 36.4 Å². The smallest absolute Gasteiger partial charge is 0.249 e. The van der Waals surface area contributed by atoms with Crippen LogP contribution in [0.25, 0.3) is 0 Å². The number of aromatic nitrogens is 2. The Bertz CT molecular complexity index is 1040. The summed E-state index contributed by atoms with van der Waals surface area (Å²) in [5.74, 6) is -0.265. The standard InChI is InChI=1S/C27H30N4O2/c1-21(2)27(33)31(19-26(32)29-15-13-24(17-29)30-16-14-28-20-30)18-25(22-9-5-3-6-10-22)23-11-7-4-8-12-23/h3-12,14,16,20,24-25H,1,13,15,17-19H2,2H3. The summed E-state index contributed by atoms with van der Waals surface area (Å²) < 4.78 is 2.05. The fourth-order valence-corrected chi connectivity index (χ4v) is 4.44. The van der Waals surface area contributed by atoms with E-state index >= 15 is 0 Å². The van der Waals surface area contributed by atoms with Gasteiger partial charge in [0.25, 0.3) is 0 Å². The second-order valence-corrected chi connectivity index (χ2v) is 8.63. The Morgan fingerprint density at radius 1 is 1.09 bits per heavy atom. The Balaban J connectivity index is 1.53. The van der Waals surface area contributed by atoms with Crippen molar-refractivity contribution in [2.24, 2.45) is 0 Å². The lowest BCUT2D eigenvalue weighted by molar-refractivity contribution is -0.138. The van der Waals surface area contributed by atoms with Crippen molar-refractivity contribution in [1.82, 2.24) is 19.4 Å². The molecule has 2 heterocycles. The van der Waals surface area contributed by atoms with Gasteiger partial charge in [-0.1, -0.05) is 67.2 Å². The number of carbonyl (C=O) groups is 2. The van der Waals surface area contributed by atoms with Crippen LogP contribution in [0.3, 0.4) is 0 Å². The number of imidazole rings is 1. The highest BCUT2D eigenvalue weighted by Crippen LogP contribution is 2.27. The van der Waals surface area contributed by atoms with Crippen molar-refractivity contribution in [1.29, 1.82) is 0 Å². The summed E-state index contributed by atoms with van der Waals surface area (Å²) in [6.45, 7) is 7.31. The van der Waals surface area contributed by atoms with Gasteiger partial charge in [0.2, 0.25) is 11.8 Å². The topological polar surface area (TPSA) is 58.4 Å². The minimum Gasteiger partial charge on any atom is -0.339 e. The molecule has 4 rings (SSSR count). The summed E-state index contributed by atoms with van der Waals surface area (Å²) in [5, 5.41) is 0. The molecule has 1 atom stereocenters. The van der Waals surface area contributed by atoms with Gasteiger partial charge in [-0.3, -0.25) is 9.59 Å². The Kier molecular flexibility index (Phi) is 7.03. The molecule has 3 aromatic rings. The molecule has 1 saturated heterocycles. The van der Waals surface area contributed by atoms with Gasteiger partial charge in [0.15, 0.2) is 0 Å². The van der Waals surface area contributed by atoms with E-state index in [1.165, 1.54) is 0 Å². The molecular weight excluding hydrogens is 412 g/mol. The fraction of sp³-hybridized carbons (Fsp3) is 0.296. The van der Waals surface area contributed by atoms with Gasteiger partial charge in [0.05, 0.1) is 12.4 Å². The molecule has 6 heteroatoms. The van der Waals surface area contributed by atoms with E-state index in [2.05, 4.69) is 35.8 Å². The second-order valence-electron chi connectivity index (χ2n) is 8.63. The van der Waals surface area contributed by atoms with Crippen LogP contribution in [0.15, 0.2) is 91.5 Å². The third kappa shape index (κ3) is 5.40. The van der Waals surface area contributed by atoms with Gasteiger partial charge in [-0.25, -0.2) is 4.98 Å². The Hall–Kier alpha value is -3.67. The Morgan fingerprint density at radius 2 is 1.73 bits per heavy atom. The normalized spacial score (nSPS) is 15.6. The van der Waals surface area contributed by atoms with Crippen molar-refractivity contribution in [3.63, 3.8) is 0 Å². The van der Waals surface area contributed by atoms with E-state index in [9.17, 15) is 9.59 Å². The molecule has 0 bridgehead atoms. The second kappa shape index (κ2) is 10.3. The van der Waals surface area contributed by atoms with Crippen molar-refractivity contribution in [2.75, 3.05) is 26.2 Å². The molecular formula is C27H30N4O2. The average molecular weight is 443 g/mol. The van der Waals surface area contributed by atoms with E-state index in [0.29, 0.717) is 25.2 Å². The fourth-order valence-electron chi connectivity index (χ4n) is 4.44. The zero-order chi connectivity index (χ0) is 23.2. The first kappa shape index (κ1) is 22.5. The van der Waals surface area contributed by atoms with Crippen molar-refractivity contribution < 1.29 is 9.59 Å². The number of hydrogen-bond acceptors (Lipinski definition) is 3. The molecule has 0 radical (unpaired) electrons. The molecule has 2 aromatic carbocycles. The van der Waals surface area contributed by atoms with Crippen LogP contribution in [-0.2, 0) is 9.59 Å².